The van der Waals surface area contributed by atoms with Gasteiger partial charge in [-0.25, -0.2) is 4.98 Å². The Morgan fingerprint density at radius 3 is 2.62 bits per heavy atom. The molecule has 0 atom stereocenters. The Hall–Kier alpha value is -2.86. The van der Waals surface area contributed by atoms with Crippen LogP contribution in [-0.4, -0.2) is 33.0 Å². The first-order valence-corrected chi connectivity index (χ1v) is 7.67. The van der Waals surface area contributed by atoms with Crippen LogP contribution in [0.4, 0.5) is 5.82 Å². The summed E-state index contributed by atoms with van der Waals surface area (Å²) in [6.07, 6.45) is 3.19. The van der Waals surface area contributed by atoms with Crippen molar-refractivity contribution in [3.8, 4) is 11.3 Å². The number of rotatable bonds is 4. The second-order valence-electron chi connectivity index (χ2n) is 5.42. The maximum absolute atomic E-state index is 12.7. The second-order valence-corrected chi connectivity index (χ2v) is 5.85. The Morgan fingerprint density at radius 1 is 1.21 bits per heavy atom. The molecule has 122 valence electrons. The van der Waals surface area contributed by atoms with E-state index in [9.17, 15) is 4.79 Å². The topological polar surface area (TPSA) is 87.9 Å². The van der Waals surface area contributed by atoms with Crippen LogP contribution in [0.3, 0.4) is 0 Å². The van der Waals surface area contributed by atoms with Gasteiger partial charge in [0.2, 0.25) is 0 Å². The molecule has 0 aliphatic rings. The molecule has 0 radical (unpaired) electrons. The lowest BCUT2D eigenvalue weighted by Gasteiger charge is -2.17. The number of nitrogens with one attached hydrogen (secondary N) is 1. The van der Waals surface area contributed by atoms with Gasteiger partial charge < -0.3 is 10.6 Å². The van der Waals surface area contributed by atoms with E-state index in [0.29, 0.717) is 28.6 Å². The number of anilines is 1. The second kappa shape index (κ2) is 6.72. The number of hydrogen-bond acceptors (Lipinski definition) is 4. The van der Waals surface area contributed by atoms with E-state index in [-0.39, 0.29) is 5.91 Å². The van der Waals surface area contributed by atoms with Crippen LogP contribution in [0, 0.1) is 0 Å². The molecule has 0 spiro atoms. The number of halogens is 1. The van der Waals surface area contributed by atoms with Crippen molar-refractivity contribution in [2.75, 3.05) is 12.8 Å². The monoisotopic (exact) mass is 341 g/mol. The molecule has 7 heteroatoms. The smallest absolute Gasteiger partial charge is 0.257 e. The quantitative estimate of drug-likeness (QED) is 0.763. The SMILES string of the molecule is CN(Cc1ccc(N)nc1)C(=O)c1cn[nH]c1-c1ccc(Cl)cc1. The molecule has 24 heavy (non-hydrogen) atoms. The van der Waals surface area contributed by atoms with Gasteiger partial charge in [-0.1, -0.05) is 29.8 Å². The minimum Gasteiger partial charge on any atom is -0.384 e. The normalized spacial score (nSPS) is 10.6. The molecule has 0 aliphatic heterocycles. The first kappa shape index (κ1) is 16.0. The molecule has 0 fully saturated rings. The Bertz CT molecular complexity index is 842. The van der Waals surface area contributed by atoms with Gasteiger partial charge in [0.05, 0.1) is 17.5 Å². The summed E-state index contributed by atoms with van der Waals surface area (Å²) in [7, 11) is 1.73. The predicted molar refractivity (Wildman–Crippen MR) is 93.5 cm³/mol. The van der Waals surface area contributed by atoms with Gasteiger partial charge >= 0.3 is 0 Å². The number of nitrogens with two attached hydrogens (primary N) is 1. The molecule has 3 rings (SSSR count). The van der Waals surface area contributed by atoms with Crippen LogP contribution in [0.5, 0.6) is 0 Å². The summed E-state index contributed by atoms with van der Waals surface area (Å²) in [5.41, 5.74) is 8.49. The van der Waals surface area contributed by atoms with Crippen LogP contribution < -0.4 is 5.73 Å². The van der Waals surface area contributed by atoms with E-state index in [2.05, 4.69) is 15.2 Å². The largest absolute Gasteiger partial charge is 0.384 e. The van der Waals surface area contributed by atoms with Crippen molar-refractivity contribution in [1.82, 2.24) is 20.1 Å². The zero-order chi connectivity index (χ0) is 17.1. The van der Waals surface area contributed by atoms with Crippen molar-refractivity contribution in [1.29, 1.82) is 0 Å². The van der Waals surface area contributed by atoms with Gasteiger partial charge in [-0.15, -0.1) is 0 Å². The van der Waals surface area contributed by atoms with Crippen LogP contribution in [0.1, 0.15) is 15.9 Å². The van der Waals surface area contributed by atoms with Crippen molar-refractivity contribution in [3.05, 3.63) is 64.9 Å². The van der Waals surface area contributed by atoms with Crippen molar-refractivity contribution < 1.29 is 4.79 Å². The summed E-state index contributed by atoms with van der Waals surface area (Å²) < 4.78 is 0. The van der Waals surface area contributed by atoms with Gasteiger partial charge in [0.1, 0.15) is 5.82 Å². The van der Waals surface area contributed by atoms with Crippen LogP contribution in [0.15, 0.2) is 48.8 Å². The number of amides is 1. The zero-order valence-electron chi connectivity index (χ0n) is 13.0. The van der Waals surface area contributed by atoms with Crippen molar-refractivity contribution >= 4 is 23.3 Å². The lowest BCUT2D eigenvalue weighted by molar-refractivity contribution is 0.0786. The van der Waals surface area contributed by atoms with Gasteiger partial charge in [-0.05, 0) is 23.8 Å². The lowest BCUT2D eigenvalue weighted by Crippen LogP contribution is -2.26. The fourth-order valence-electron chi connectivity index (χ4n) is 2.37. The fraction of sp³-hybridized carbons (Fsp3) is 0.118. The standard InChI is InChI=1S/C17H16ClN5O/c1-23(10-11-2-7-15(19)20-8-11)17(24)14-9-21-22-16(14)12-3-5-13(18)6-4-12/h2-9H,10H2,1H3,(H2,19,20)(H,21,22). The van der Waals surface area contributed by atoms with E-state index in [1.54, 1.807) is 36.3 Å². The highest BCUT2D eigenvalue weighted by Crippen LogP contribution is 2.24. The molecule has 0 unspecified atom stereocenters. The highest BCUT2D eigenvalue weighted by Gasteiger charge is 2.19. The number of carbonyl (C=O) groups is 1. The third-order valence-electron chi connectivity index (χ3n) is 3.62. The Labute approximate surface area is 144 Å². The van der Waals surface area contributed by atoms with Crippen LogP contribution >= 0.6 is 11.6 Å². The Kier molecular flexibility index (Phi) is 4.48. The number of nitrogens with zero attached hydrogens (tertiary/aromatic N) is 3. The third kappa shape index (κ3) is 3.38. The van der Waals surface area contributed by atoms with E-state index in [1.807, 2.05) is 18.2 Å². The van der Waals surface area contributed by atoms with Crippen LogP contribution in [-0.2, 0) is 6.54 Å². The van der Waals surface area contributed by atoms with Crippen molar-refractivity contribution in [2.24, 2.45) is 0 Å². The number of H-pyrrole nitrogens is 1. The molecule has 0 saturated carbocycles. The molecular formula is C17H16ClN5O. The molecule has 3 aromatic rings. The van der Waals surface area contributed by atoms with Crippen molar-refractivity contribution in [3.63, 3.8) is 0 Å². The van der Waals surface area contributed by atoms with E-state index < -0.39 is 0 Å². The molecule has 2 heterocycles. The number of aromatic nitrogens is 3. The summed E-state index contributed by atoms with van der Waals surface area (Å²) in [5, 5.41) is 7.53. The molecule has 2 aromatic heterocycles. The van der Waals surface area contributed by atoms with E-state index in [4.69, 9.17) is 17.3 Å². The van der Waals surface area contributed by atoms with Gasteiger partial charge in [-0.2, -0.15) is 5.10 Å². The maximum Gasteiger partial charge on any atom is 0.257 e. The van der Waals surface area contributed by atoms with Crippen LogP contribution in [0.25, 0.3) is 11.3 Å². The highest BCUT2D eigenvalue weighted by molar-refractivity contribution is 6.30. The van der Waals surface area contributed by atoms with Gasteiger partial charge in [0.25, 0.3) is 5.91 Å². The Morgan fingerprint density at radius 2 is 1.96 bits per heavy atom. The first-order chi connectivity index (χ1) is 11.5. The number of benzene rings is 1. The summed E-state index contributed by atoms with van der Waals surface area (Å²) >= 11 is 5.91. The number of pyridine rings is 1. The minimum absolute atomic E-state index is 0.134. The van der Waals surface area contributed by atoms with E-state index in [1.165, 1.54) is 6.20 Å². The molecular weight excluding hydrogens is 326 g/mol. The summed E-state index contributed by atoms with van der Waals surface area (Å²) in [5.74, 6) is 0.318. The third-order valence-corrected chi connectivity index (χ3v) is 3.87. The average Bonchev–Trinajstić information content (AvgIpc) is 3.06. The first-order valence-electron chi connectivity index (χ1n) is 7.30. The van der Waals surface area contributed by atoms with Crippen LogP contribution in [0.2, 0.25) is 5.02 Å². The van der Waals surface area contributed by atoms with Crippen molar-refractivity contribution in [2.45, 2.75) is 6.54 Å². The molecule has 0 aliphatic carbocycles. The molecule has 1 aromatic carbocycles. The molecule has 6 nitrogen and oxygen atoms in total. The van der Waals surface area contributed by atoms with E-state index in [0.717, 1.165) is 11.1 Å². The summed E-state index contributed by atoms with van der Waals surface area (Å²) in [6.45, 7) is 0.428. The maximum atomic E-state index is 12.7. The minimum atomic E-state index is -0.134. The predicted octanol–water partition coefficient (Wildman–Crippen LogP) is 2.98. The zero-order valence-corrected chi connectivity index (χ0v) is 13.8. The van der Waals surface area contributed by atoms with Gasteiger partial charge in [0, 0.05) is 30.4 Å². The number of hydrogen-bond donors (Lipinski definition) is 2. The number of nitrogen functional groups attached to an aromatic ring is 1. The van der Waals surface area contributed by atoms with Gasteiger partial charge in [-0.3, -0.25) is 9.89 Å². The molecule has 0 bridgehead atoms. The van der Waals surface area contributed by atoms with Gasteiger partial charge in [0.15, 0.2) is 0 Å². The lowest BCUT2D eigenvalue weighted by atomic mass is 10.1. The fourth-order valence-corrected chi connectivity index (χ4v) is 2.49. The highest BCUT2D eigenvalue weighted by atomic mass is 35.5. The Balaban J connectivity index is 1.81. The average molecular weight is 342 g/mol. The molecule has 0 saturated heterocycles. The molecule has 1 amide bonds. The summed E-state index contributed by atoms with van der Waals surface area (Å²) in [4.78, 5) is 18.4. The number of aromatic amines is 1. The number of carbonyl (C=O) groups excluding carboxylic acids is 1. The van der Waals surface area contributed by atoms with E-state index >= 15 is 0 Å². The molecule has 3 N–H and O–H groups in total. The summed E-state index contributed by atoms with van der Waals surface area (Å²) in [6, 6.07) is 10.8.